The average Bonchev–Trinajstić information content (AvgIpc) is 2.82. The maximum atomic E-state index is 6.15. The number of piperidine rings is 1. The number of hydrogen-bond acceptors (Lipinski definition) is 4. The zero-order valence-corrected chi connectivity index (χ0v) is 19.8. The van der Waals surface area contributed by atoms with Gasteiger partial charge in [-0.1, -0.05) is 30.3 Å². The maximum absolute atomic E-state index is 6.15. The maximum Gasteiger partial charge on any atom is 0.193 e. The highest BCUT2D eigenvalue weighted by molar-refractivity contribution is 5.79. The fourth-order valence-corrected chi connectivity index (χ4v) is 4.39. The van der Waals surface area contributed by atoms with E-state index < -0.39 is 0 Å². The van der Waals surface area contributed by atoms with Crippen LogP contribution in [0, 0.1) is 0 Å². The van der Waals surface area contributed by atoms with E-state index in [0.717, 1.165) is 71.0 Å². The molecule has 31 heavy (non-hydrogen) atoms. The van der Waals surface area contributed by atoms with Crippen LogP contribution in [-0.2, 0) is 16.0 Å². The van der Waals surface area contributed by atoms with Crippen LogP contribution in [-0.4, -0.2) is 81.0 Å². The lowest BCUT2D eigenvalue weighted by Gasteiger charge is -2.35. The molecule has 1 N–H and O–H groups in total. The molecule has 0 saturated carbocycles. The number of nitrogens with zero attached hydrogens (tertiary/aromatic N) is 3. The average molecular weight is 431 g/mol. The number of rotatable bonds is 9. The molecule has 1 aromatic rings. The minimum Gasteiger partial charge on any atom is -0.376 e. The van der Waals surface area contributed by atoms with E-state index in [0.29, 0.717) is 18.2 Å². The summed E-state index contributed by atoms with van der Waals surface area (Å²) in [5.41, 5.74) is 1.36. The van der Waals surface area contributed by atoms with Crippen molar-refractivity contribution in [2.45, 2.75) is 70.2 Å². The van der Waals surface area contributed by atoms with Crippen molar-refractivity contribution in [2.75, 3.05) is 46.9 Å². The minimum atomic E-state index is 0.309. The van der Waals surface area contributed by atoms with E-state index in [2.05, 4.69) is 64.4 Å². The fraction of sp³-hybridized carbons (Fsp3) is 0.720. The molecule has 3 rings (SSSR count). The number of ether oxygens (including phenoxy) is 2. The van der Waals surface area contributed by atoms with Gasteiger partial charge in [0.2, 0.25) is 0 Å². The summed E-state index contributed by atoms with van der Waals surface area (Å²) in [5.74, 6) is 1.02. The molecule has 6 nitrogen and oxygen atoms in total. The normalized spacial score (nSPS) is 22.0. The standard InChI is InChI=1S/C25H42N4O2/c1-21(28(3)19-22-9-5-4-6-10-22)12-15-27-25(26-2)29-16-13-23(14-17-29)31-20-24-11-7-8-18-30-24/h4-6,9-10,21,23-24H,7-8,11-20H2,1-3H3,(H,26,27). The number of benzene rings is 1. The van der Waals surface area contributed by atoms with Crippen LogP contribution < -0.4 is 5.32 Å². The summed E-state index contributed by atoms with van der Waals surface area (Å²) < 4.78 is 11.9. The molecule has 2 unspecified atom stereocenters. The molecule has 2 atom stereocenters. The molecule has 2 heterocycles. The molecule has 6 heteroatoms. The van der Waals surface area contributed by atoms with Gasteiger partial charge < -0.3 is 19.7 Å². The highest BCUT2D eigenvalue weighted by Gasteiger charge is 2.23. The molecule has 2 aliphatic heterocycles. The first-order valence-electron chi connectivity index (χ1n) is 12.1. The van der Waals surface area contributed by atoms with Crippen molar-refractivity contribution in [3.63, 3.8) is 0 Å². The molecule has 0 bridgehead atoms. The highest BCUT2D eigenvalue weighted by Crippen LogP contribution is 2.18. The molecular weight excluding hydrogens is 388 g/mol. The van der Waals surface area contributed by atoms with Crippen LogP contribution in [0.25, 0.3) is 0 Å². The van der Waals surface area contributed by atoms with Crippen molar-refractivity contribution >= 4 is 5.96 Å². The number of aliphatic imine (C=N–C) groups is 1. The minimum absolute atomic E-state index is 0.309. The molecular formula is C25H42N4O2. The van der Waals surface area contributed by atoms with Gasteiger partial charge in [0, 0.05) is 45.9 Å². The molecule has 174 valence electrons. The first kappa shape index (κ1) is 24.0. The van der Waals surface area contributed by atoms with Crippen molar-refractivity contribution < 1.29 is 9.47 Å². The molecule has 1 aromatic carbocycles. The van der Waals surface area contributed by atoms with Crippen molar-refractivity contribution in [1.29, 1.82) is 0 Å². The SMILES string of the molecule is CN=C(NCCC(C)N(C)Cc1ccccc1)N1CCC(OCC2CCCCO2)CC1. The first-order valence-corrected chi connectivity index (χ1v) is 12.1. The van der Waals surface area contributed by atoms with E-state index in [1.54, 1.807) is 0 Å². The third-order valence-electron chi connectivity index (χ3n) is 6.62. The van der Waals surface area contributed by atoms with Crippen molar-refractivity contribution in [3.05, 3.63) is 35.9 Å². The number of hydrogen-bond donors (Lipinski definition) is 1. The van der Waals surface area contributed by atoms with Crippen LogP contribution in [0.5, 0.6) is 0 Å². The fourth-order valence-electron chi connectivity index (χ4n) is 4.39. The smallest absolute Gasteiger partial charge is 0.193 e. The van der Waals surface area contributed by atoms with Crippen molar-refractivity contribution in [2.24, 2.45) is 4.99 Å². The summed E-state index contributed by atoms with van der Waals surface area (Å²) in [6.07, 6.45) is 7.48. The lowest BCUT2D eigenvalue weighted by molar-refractivity contribution is -0.0721. The summed E-state index contributed by atoms with van der Waals surface area (Å²) in [6.45, 7) is 7.87. The summed E-state index contributed by atoms with van der Waals surface area (Å²) in [7, 11) is 4.09. The van der Waals surface area contributed by atoms with Crippen LogP contribution in [0.4, 0.5) is 0 Å². The zero-order chi connectivity index (χ0) is 21.9. The first-order chi connectivity index (χ1) is 15.2. The summed E-state index contributed by atoms with van der Waals surface area (Å²) >= 11 is 0. The molecule has 0 aromatic heterocycles. The molecule has 0 aliphatic carbocycles. The van der Waals surface area contributed by atoms with Gasteiger partial charge in [0.05, 0.1) is 18.8 Å². The molecule has 0 spiro atoms. The topological polar surface area (TPSA) is 49.3 Å². The van der Waals surface area contributed by atoms with E-state index in [9.17, 15) is 0 Å². The Morgan fingerprint density at radius 3 is 2.68 bits per heavy atom. The third kappa shape index (κ3) is 8.09. The Labute approximate surface area is 189 Å². The Balaban J connectivity index is 1.32. The van der Waals surface area contributed by atoms with Gasteiger partial charge >= 0.3 is 0 Å². The monoisotopic (exact) mass is 430 g/mol. The Kier molecular flexibility index (Phi) is 10.1. The van der Waals surface area contributed by atoms with Gasteiger partial charge in [0.25, 0.3) is 0 Å². The number of likely N-dealkylation sites (tertiary alicyclic amines) is 1. The Morgan fingerprint density at radius 1 is 1.23 bits per heavy atom. The Bertz CT molecular complexity index is 640. The van der Waals surface area contributed by atoms with Gasteiger partial charge in [0.1, 0.15) is 0 Å². The molecule has 0 amide bonds. The quantitative estimate of drug-likeness (QED) is 0.480. The molecule has 2 saturated heterocycles. The van der Waals surface area contributed by atoms with Gasteiger partial charge in [-0.3, -0.25) is 9.89 Å². The van der Waals surface area contributed by atoms with Gasteiger partial charge in [-0.15, -0.1) is 0 Å². The van der Waals surface area contributed by atoms with Gasteiger partial charge in [-0.2, -0.15) is 0 Å². The van der Waals surface area contributed by atoms with E-state index in [-0.39, 0.29) is 0 Å². The Hall–Kier alpha value is -1.63. The van der Waals surface area contributed by atoms with E-state index in [1.807, 2.05) is 7.05 Å². The lowest BCUT2D eigenvalue weighted by atomic mass is 10.1. The lowest BCUT2D eigenvalue weighted by Crippen LogP contribution is -2.48. The predicted molar refractivity (Wildman–Crippen MR) is 127 cm³/mol. The third-order valence-corrected chi connectivity index (χ3v) is 6.62. The van der Waals surface area contributed by atoms with Gasteiger partial charge in [-0.05, 0) is 58.1 Å². The highest BCUT2D eigenvalue weighted by atomic mass is 16.5. The number of nitrogens with one attached hydrogen (secondary N) is 1. The van der Waals surface area contributed by atoms with Crippen LogP contribution in [0.2, 0.25) is 0 Å². The van der Waals surface area contributed by atoms with E-state index in [4.69, 9.17) is 9.47 Å². The largest absolute Gasteiger partial charge is 0.376 e. The zero-order valence-electron chi connectivity index (χ0n) is 19.8. The van der Waals surface area contributed by atoms with E-state index in [1.165, 1.54) is 18.4 Å². The van der Waals surface area contributed by atoms with Crippen molar-refractivity contribution in [1.82, 2.24) is 15.1 Å². The molecule has 2 fully saturated rings. The summed E-state index contributed by atoms with van der Waals surface area (Å²) in [4.78, 5) is 9.31. The second-order valence-electron chi connectivity index (χ2n) is 9.02. The van der Waals surface area contributed by atoms with Crippen LogP contribution >= 0.6 is 0 Å². The molecule has 2 aliphatic rings. The van der Waals surface area contributed by atoms with E-state index >= 15 is 0 Å². The van der Waals surface area contributed by atoms with Crippen LogP contribution in [0.15, 0.2) is 35.3 Å². The molecule has 0 radical (unpaired) electrons. The van der Waals surface area contributed by atoms with Gasteiger partial charge in [-0.25, -0.2) is 0 Å². The predicted octanol–water partition coefficient (Wildman–Crippen LogP) is 3.52. The van der Waals surface area contributed by atoms with Crippen LogP contribution in [0.3, 0.4) is 0 Å². The van der Waals surface area contributed by atoms with Crippen LogP contribution in [0.1, 0.15) is 51.0 Å². The Morgan fingerprint density at radius 2 is 2.00 bits per heavy atom. The van der Waals surface area contributed by atoms with Crippen molar-refractivity contribution in [3.8, 4) is 0 Å². The number of guanidine groups is 1. The summed E-state index contributed by atoms with van der Waals surface area (Å²) in [6, 6.07) is 11.2. The summed E-state index contributed by atoms with van der Waals surface area (Å²) in [5, 5.41) is 3.58. The second-order valence-corrected chi connectivity index (χ2v) is 9.02. The van der Waals surface area contributed by atoms with Gasteiger partial charge in [0.15, 0.2) is 5.96 Å². The second kappa shape index (κ2) is 13.0.